The Hall–Kier alpha value is -1.88. The van der Waals surface area contributed by atoms with Crippen LogP contribution in [0.3, 0.4) is 0 Å². The Bertz CT molecular complexity index is 1000. The Morgan fingerprint density at radius 1 is 1.46 bits per heavy atom. The maximum atomic E-state index is 13.7. The molecule has 1 aromatic heterocycles. The Morgan fingerprint density at radius 2 is 2.21 bits per heavy atom. The molecule has 0 radical (unpaired) electrons. The SMILES string of the molecule is CC=Nc1c(C)[nH]c(NN)c1S(=O)(=O)c1ccc(Br)cc1N1CCOC(C)C1. The average Bonchev–Trinajstić information content (AvgIpc) is 2.98. The fourth-order valence-electron chi connectivity index (χ4n) is 3.35. The van der Waals surface area contributed by atoms with Crippen LogP contribution in [0.15, 0.2) is 37.5 Å². The quantitative estimate of drug-likeness (QED) is 0.352. The third kappa shape index (κ3) is 3.82. The van der Waals surface area contributed by atoms with Crippen molar-refractivity contribution in [3.05, 3.63) is 28.4 Å². The number of halogens is 1. The third-order valence-electron chi connectivity index (χ3n) is 4.57. The second-order valence-electron chi connectivity index (χ2n) is 6.58. The number of morpholine rings is 1. The Balaban J connectivity index is 2.21. The lowest BCUT2D eigenvalue weighted by atomic mass is 10.2. The fraction of sp³-hybridized carbons (Fsp3) is 0.389. The van der Waals surface area contributed by atoms with E-state index in [2.05, 4.69) is 31.3 Å². The first-order chi connectivity index (χ1) is 13.3. The first kappa shape index (κ1) is 20.8. The second-order valence-corrected chi connectivity index (χ2v) is 9.35. The minimum Gasteiger partial charge on any atom is -0.375 e. The molecule has 10 heteroatoms. The maximum Gasteiger partial charge on any atom is 0.214 e. The number of aromatic nitrogens is 1. The number of benzene rings is 1. The van der Waals surface area contributed by atoms with E-state index in [1.807, 2.05) is 17.9 Å². The van der Waals surface area contributed by atoms with Crippen molar-refractivity contribution in [3.63, 3.8) is 0 Å². The van der Waals surface area contributed by atoms with Crippen LogP contribution in [-0.2, 0) is 14.6 Å². The molecule has 1 aromatic carbocycles. The molecule has 0 aliphatic carbocycles. The van der Waals surface area contributed by atoms with Crippen LogP contribution in [0, 0.1) is 6.92 Å². The van der Waals surface area contributed by atoms with Gasteiger partial charge in [-0.25, -0.2) is 14.3 Å². The van der Waals surface area contributed by atoms with Crippen LogP contribution in [0.5, 0.6) is 0 Å². The highest BCUT2D eigenvalue weighted by molar-refractivity contribution is 9.10. The first-order valence-corrected chi connectivity index (χ1v) is 11.2. The number of rotatable bonds is 5. The molecule has 0 bridgehead atoms. The monoisotopic (exact) mass is 469 g/mol. The molecule has 0 saturated carbocycles. The summed E-state index contributed by atoms with van der Waals surface area (Å²) in [5.41, 5.74) is 4.04. The lowest BCUT2D eigenvalue weighted by Crippen LogP contribution is -2.41. The summed E-state index contributed by atoms with van der Waals surface area (Å²) >= 11 is 3.46. The van der Waals surface area contributed by atoms with Crippen LogP contribution in [0.2, 0.25) is 0 Å². The van der Waals surface area contributed by atoms with E-state index in [1.54, 1.807) is 32.2 Å². The van der Waals surface area contributed by atoms with E-state index < -0.39 is 9.84 Å². The van der Waals surface area contributed by atoms with E-state index in [1.165, 1.54) is 0 Å². The van der Waals surface area contributed by atoms with Gasteiger partial charge in [-0.1, -0.05) is 15.9 Å². The van der Waals surface area contributed by atoms with E-state index in [4.69, 9.17) is 10.6 Å². The summed E-state index contributed by atoms with van der Waals surface area (Å²) in [4.78, 5) is 9.50. The Labute approximate surface area is 173 Å². The number of H-pyrrole nitrogens is 1. The lowest BCUT2D eigenvalue weighted by molar-refractivity contribution is 0.0530. The van der Waals surface area contributed by atoms with Gasteiger partial charge in [0.2, 0.25) is 9.84 Å². The van der Waals surface area contributed by atoms with Gasteiger partial charge in [-0.15, -0.1) is 0 Å². The van der Waals surface area contributed by atoms with E-state index in [-0.39, 0.29) is 21.7 Å². The zero-order valence-corrected chi connectivity index (χ0v) is 18.4. The van der Waals surface area contributed by atoms with Crippen molar-refractivity contribution in [2.75, 3.05) is 30.0 Å². The Kier molecular flexibility index (Phi) is 6.13. The predicted molar refractivity (Wildman–Crippen MR) is 114 cm³/mol. The molecule has 4 N–H and O–H groups in total. The molecule has 8 nitrogen and oxygen atoms in total. The molecule has 1 atom stereocenters. The molecule has 1 aliphatic rings. The molecule has 1 aliphatic heterocycles. The van der Waals surface area contributed by atoms with Gasteiger partial charge in [-0.05, 0) is 39.0 Å². The number of nitrogens with zero attached hydrogens (tertiary/aromatic N) is 2. The van der Waals surface area contributed by atoms with Crippen LogP contribution in [-0.4, -0.2) is 45.4 Å². The molecular weight excluding hydrogens is 446 g/mol. The van der Waals surface area contributed by atoms with Gasteiger partial charge in [-0.3, -0.25) is 4.99 Å². The number of anilines is 2. The summed E-state index contributed by atoms with van der Waals surface area (Å²) in [6.07, 6.45) is 1.57. The highest BCUT2D eigenvalue weighted by atomic mass is 79.9. The van der Waals surface area contributed by atoms with Gasteiger partial charge in [0.1, 0.15) is 16.4 Å². The molecule has 2 aromatic rings. The lowest BCUT2D eigenvalue weighted by Gasteiger charge is -2.34. The van der Waals surface area contributed by atoms with Crippen LogP contribution >= 0.6 is 15.9 Å². The zero-order valence-electron chi connectivity index (χ0n) is 16.0. The number of aromatic amines is 1. The van der Waals surface area contributed by atoms with Crippen molar-refractivity contribution in [3.8, 4) is 0 Å². The van der Waals surface area contributed by atoms with E-state index in [0.29, 0.717) is 36.8 Å². The fourth-order valence-corrected chi connectivity index (χ4v) is 5.47. The van der Waals surface area contributed by atoms with Gasteiger partial charge < -0.3 is 20.0 Å². The van der Waals surface area contributed by atoms with Crippen molar-refractivity contribution in [2.45, 2.75) is 36.7 Å². The minimum absolute atomic E-state index is 0.0133. The number of hydrazine groups is 1. The molecule has 1 saturated heterocycles. The van der Waals surface area contributed by atoms with E-state index >= 15 is 0 Å². The van der Waals surface area contributed by atoms with Crippen LogP contribution in [0.25, 0.3) is 0 Å². The van der Waals surface area contributed by atoms with Crippen molar-refractivity contribution < 1.29 is 13.2 Å². The van der Waals surface area contributed by atoms with Crippen molar-refractivity contribution >= 4 is 49.2 Å². The van der Waals surface area contributed by atoms with E-state index in [9.17, 15) is 8.42 Å². The van der Waals surface area contributed by atoms with Crippen LogP contribution < -0.4 is 16.2 Å². The van der Waals surface area contributed by atoms with Crippen molar-refractivity contribution in [1.29, 1.82) is 0 Å². The van der Waals surface area contributed by atoms with Gasteiger partial charge >= 0.3 is 0 Å². The largest absolute Gasteiger partial charge is 0.375 e. The smallest absolute Gasteiger partial charge is 0.214 e. The van der Waals surface area contributed by atoms with Gasteiger partial charge in [0, 0.05) is 29.5 Å². The summed E-state index contributed by atoms with van der Waals surface area (Å²) in [7, 11) is -3.92. The minimum atomic E-state index is -3.92. The zero-order chi connectivity index (χ0) is 20.5. The molecule has 0 amide bonds. The summed E-state index contributed by atoms with van der Waals surface area (Å²) in [6, 6.07) is 5.15. The molecule has 0 spiro atoms. The van der Waals surface area contributed by atoms with Crippen LogP contribution in [0.1, 0.15) is 19.5 Å². The number of nitrogens with one attached hydrogen (secondary N) is 2. The number of aliphatic imine (C=N–C) groups is 1. The molecule has 28 heavy (non-hydrogen) atoms. The number of sulfone groups is 1. The number of hydrogen-bond donors (Lipinski definition) is 3. The number of hydrogen-bond acceptors (Lipinski definition) is 7. The average molecular weight is 470 g/mol. The molecule has 1 fully saturated rings. The van der Waals surface area contributed by atoms with Crippen molar-refractivity contribution in [2.24, 2.45) is 10.8 Å². The number of ether oxygens (including phenoxy) is 1. The topological polar surface area (TPSA) is 113 Å². The molecule has 1 unspecified atom stereocenters. The number of nitrogen functional groups attached to an aromatic ring is 1. The molecule has 152 valence electrons. The maximum absolute atomic E-state index is 13.7. The van der Waals surface area contributed by atoms with Gasteiger partial charge in [0.25, 0.3) is 0 Å². The molecule has 2 heterocycles. The highest BCUT2D eigenvalue weighted by Gasteiger charge is 2.32. The predicted octanol–water partition coefficient (Wildman–Crippen LogP) is 3.15. The summed E-state index contributed by atoms with van der Waals surface area (Å²) < 4.78 is 33.8. The van der Waals surface area contributed by atoms with Crippen LogP contribution in [0.4, 0.5) is 17.2 Å². The summed E-state index contributed by atoms with van der Waals surface area (Å²) in [5, 5.41) is 0. The van der Waals surface area contributed by atoms with Gasteiger partial charge in [0.05, 0.1) is 23.3 Å². The van der Waals surface area contributed by atoms with Gasteiger partial charge in [0.15, 0.2) is 0 Å². The third-order valence-corrected chi connectivity index (χ3v) is 6.93. The van der Waals surface area contributed by atoms with E-state index in [0.717, 1.165) is 4.47 Å². The standard InChI is InChI=1S/C18H24BrN5O3S/c1-4-21-16-12(3)22-18(23-20)17(16)28(25,26)15-6-5-13(19)9-14(15)24-7-8-27-11(2)10-24/h4-6,9,11,22-23H,7-8,10,20H2,1-3H3. The Morgan fingerprint density at radius 3 is 2.86 bits per heavy atom. The second kappa shape index (κ2) is 8.24. The molecular formula is C18H24BrN5O3S. The first-order valence-electron chi connectivity index (χ1n) is 8.88. The van der Waals surface area contributed by atoms with Gasteiger partial charge in [-0.2, -0.15) is 0 Å². The molecule has 3 rings (SSSR count). The number of aryl methyl sites for hydroxylation is 1. The number of nitrogens with two attached hydrogens (primary N) is 1. The summed E-state index contributed by atoms with van der Waals surface area (Å²) in [6.45, 7) is 7.22. The normalized spacial score (nSPS) is 18.0. The van der Waals surface area contributed by atoms with Crippen molar-refractivity contribution in [1.82, 2.24) is 4.98 Å². The summed E-state index contributed by atoms with van der Waals surface area (Å²) in [5.74, 6) is 5.81. The highest BCUT2D eigenvalue weighted by Crippen LogP contribution is 2.41.